The van der Waals surface area contributed by atoms with Gasteiger partial charge in [-0.3, -0.25) is 0 Å². The number of methoxy groups -OCH3 is 1. The molecule has 0 bridgehead atoms. The molecule has 6 heteroatoms. The summed E-state index contributed by atoms with van der Waals surface area (Å²) >= 11 is 0. The quantitative estimate of drug-likeness (QED) is 0.609. The zero-order chi connectivity index (χ0) is 18.0. The van der Waals surface area contributed by atoms with Crippen molar-refractivity contribution in [3.05, 3.63) is 41.6 Å². The number of carbonyl (C=O) groups is 1. The lowest BCUT2D eigenvalue weighted by Gasteiger charge is -2.27. The van der Waals surface area contributed by atoms with Gasteiger partial charge in [-0.25, -0.2) is 4.79 Å². The Bertz CT molecular complexity index is 554. The van der Waals surface area contributed by atoms with Crippen molar-refractivity contribution < 1.29 is 19.7 Å². The highest BCUT2D eigenvalue weighted by Crippen LogP contribution is 2.26. The Morgan fingerprint density at radius 2 is 1.92 bits per heavy atom. The van der Waals surface area contributed by atoms with Crippen molar-refractivity contribution in [3.63, 3.8) is 0 Å². The predicted molar refractivity (Wildman–Crippen MR) is 94.7 cm³/mol. The molecule has 0 atom stereocenters. The Balaban J connectivity index is 0.000000648. The zero-order valence-electron chi connectivity index (χ0n) is 14.6. The molecule has 134 valence electrons. The van der Waals surface area contributed by atoms with Gasteiger partial charge in [0.15, 0.2) is 0 Å². The van der Waals surface area contributed by atoms with Crippen molar-refractivity contribution in [2.24, 2.45) is 5.41 Å². The van der Waals surface area contributed by atoms with E-state index in [0.29, 0.717) is 12.1 Å². The molecular weight excluding hydrogens is 308 g/mol. The van der Waals surface area contributed by atoms with E-state index in [1.807, 2.05) is 12.1 Å². The van der Waals surface area contributed by atoms with Gasteiger partial charge in [-0.05, 0) is 23.5 Å². The van der Waals surface area contributed by atoms with Crippen LogP contribution in [0.5, 0.6) is 0 Å². The Labute approximate surface area is 143 Å². The summed E-state index contributed by atoms with van der Waals surface area (Å²) in [6.07, 6.45) is 2.74. The molecule has 1 aromatic rings. The van der Waals surface area contributed by atoms with Crippen LogP contribution in [0.2, 0.25) is 0 Å². The molecule has 1 aliphatic rings. The van der Waals surface area contributed by atoms with Crippen LogP contribution in [0.3, 0.4) is 0 Å². The van der Waals surface area contributed by atoms with Gasteiger partial charge in [0.1, 0.15) is 0 Å². The summed E-state index contributed by atoms with van der Waals surface area (Å²) in [6.45, 7) is 5.44. The number of anilines is 1. The van der Waals surface area contributed by atoms with Crippen LogP contribution in [0, 0.1) is 5.41 Å². The van der Waals surface area contributed by atoms with Crippen LogP contribution in [0.15, 0.2) is 36.0 Å². The van der Waals surface area contributed by atoms with Crippen LogP contribution in [0.4, 0.5) is 5.69 Å². The molecule has 1 aromatic carbocycles. The van der Waals surface area contributed by atoms with E-state index in [-0.39, 0.29) is 24.6 Å². The van der Waals surface area contributed by atoms with Crippen LogP contribution in [0.25, 0.3) is 0 Å². The van der Waals surface area contributed by atoms with Crippen LogP contribution in [-0.2, 0) is 16.0 Å². The summed E-state index contributed by atoms with van der Waals surface area (Å²) in [4.78, 5) is 11.7. The number of nitrogens with one attached hydrogen (secondary N) is 2. The summed E-state index contributed by atoms with van der Waals surface area (Å²) in [5, 5.41) is 21.8. The molecule has 2 rings (SSSR count). The van der Waals surface area contributed by atoms with Gasteiger partial charge >= 0.3 is 5.97 Å². The Morgan fingerprint density at radius 3 is 2.54 bits per heavy atom. The first-order valence-corrected chi connectivity index (χ1v) is 7.97. The second kappa shape index (κ2) is 9.95. The first-order chi connectivity index (χ1) is 11.4. The van der Waals surface area contributed by atoms with Crippen molar-refractivity contribution in [3.8, 4) is 0 Å². The maximum absolute atomic E-state index is 11.7. The summed E-state index contributed by atoms with van der Waals surface area (Å²) in [5.74, 6) is -0.305. The number of benzene rings is 1. The summed E-state index contributed by atoms with van der Waals surface area (Å²) in [5.41, 5.74) is 3.05. The van der Waals surface area contributed by atoms with Crippen molar-refractivity contribution in [2.75, 3.05) is 38.7 Å². The van der Waals surface area contributed by atoms with Gasteiger partial charge in [-0.2, -0.15) is 0 Å². The van der Waals surface area contributed by atoms with E-state index in [9.17, 15) is 4.79 Å². The van der Waals surface area contributed by atoms with Gasteiger partial charge in [-0.1, -0.05) is 32.0 Å². The second-order valence-electron chi connectivity index (χ2n) is 6.34. The minimum absolute atomic E-state index is 0.104. The molecule has 0 aromatic heterocycles. The third-order valence-corrected chi connectivity index (χ3v) is 3.56. The number of aliphatic hydroxyl groups is 2. The fourth-order valence-corrected chi connectivity index (χ4v) is 2.38. The number of hydrogen-bond acceptors (Lipinski definition) is 6. The van der Waals surface area contributed by atoms with Gasteiger partial charge in [0, 0.05) is 25.0 Å². The molecule has 0 spiro atoms. The smallest absolute Gasteiger partial charge is 0.337 e. The van der Waals surface area contributed by atoms with E-state index >= 15 is 0 Å². The van der Waals surface area contributed by atoms with E-state index in [1.165, 1.54) is 12.7 Å². The Kier molecular flexibility index (Phi) is 8.29. The molecule has 4 N–H and O–H groups in total. The highest BCUT2D eigenvalue weighted by Gasteiger charge is 2.21. The molecule has 0 fully saturated rings. The molecule has 0 radical (unpaired) electrons. The lowest BCUT2D eigenvalue weighted by atomic mass is 9.85. The molecule has 1 heterocycles. The molecule has 0 aliphatic carbocycles. The minimum atomic E-state index is -0.305. The van der Waals surface area contributed by atoms with Crippen LogP contribution < -0.4 is 10.6 Å². The molecule has 24 heavy (non-hydrogen) atoms. The van der Waals surface area contributed by atoms with Gasteiger partial charge in [0.05, 0.1) is 25.9 Å². The fraction of sp³-hybridized carbons (Fsp3) is 0.500. The standard InChI is InChI=1S/C16H22N2O2.C2H6O2/c1-16(2)8-12-6-4-5-7-14(12)18-10-13(9-17-11-16)15(19)20-3;3-1-2-4/h4-7,9,17-18H,8,10-11H2,1-3H3;3-4H,1-2H2/b13-9+;. The minimum Gasteiger partial charge on any atom is -0.466 e. The number of rotatable bonds is 2. The maximum Gasteiger partial charge on any atom is 0.337 e. The van der Waals surface area contributed by atoms with E-state index < -0.39 is 0 Å². The van der Waals surface area contributed by atoms with Gasteiger partial charge in [0.25, 0.3) is 0 Å². The van der Waals surface area contributed by atoms with Crippen molar-refractivity contribution in [2.45, 2.75) is 20.3 Å². The fourth-order valence-electron chi connectivity index (χ4n) is 2.38. The molecule has 0 unspecified atom stereocenters. The SMILES string of the molecule is COC(=O)/C1=C/NCC(C)(C)Cc2ccccc2NC1.OCCO. The van der Waals surface area contributed by atoms with Gasteiger partial charge in [0.2, 0.25) is 0 Å². The summed E-state index contributed by atoms with van der Waals surface area (Å²) < 4.78 is 4.81. The third kappa shape index (κ3) is 6.60. The summed E-state index contributed by atoms with van der Waals surface area (Å²) in [6, 6.07) is 8.24. The normalized spacial score (nSPS) is 18.3. The zero-order valence-corrected chi connectivity index (χ0v) is 14.6. The second-order valence-corrected chi connectivity index (χ2v) is 6.34. The van der Waals surface area contributed by atoms with E-state index in [1.54, 1.807) is 6.20 Å². The number of para-hydroxylation sites is 1. The van der Waals surface area contributed by atoms with E-state index in [2.05, 4.69) is 36.6 Å². The number of ether oxygens (including phenoxy) is 1. The van der Waals surface area contributed by atoms with Crippen molar-refractivity contribution >= 4 is 11.7 Å². The average Bonchev–Trinajstić information content (AvgIpc) is 2.58. The number of fused-ring (bicyclic) bond motifs is 1. The van der Waals surface area contributed by atoms with Crippen LogP contribution >= 0.6 is 0 Å². The predicted octanol–water partition coefficient (Wildman–Crippen LogP) is 1.30. The van der Waals surface area contributed by atoms with Crippen molar-refractivity contribution in [1.29, 1.82) is 0 Å². The topological polar surface area (TPSA) is 90.8 Å². The summed E-state index contributed by atoms with van der Waals surface area (Å²) in [7, 11) is 1.40. The highest BCUT2D eigenvalue weighted by atomic mass is 16.5. The Morgan fingerprint density at radius 1 is 1.25 bits per heavy atom. The van der Waals surface area contributed by atoms with Gasteiger partial charge in [-0.15, -0.1) is 0 Å². The maximum atomic E-state index is 11.7. The number of aliphatic hydroxyl groups excluding tert-OH is 2. The lowest BCUT2D eigenvalue weighted by molar-refractivity contribution is -0.136. The average molecular weight is 336 g/mol. The van der Waals surface area contributed by atoms with Crippen LogP contribution in [-0.4, -0.2) is 49.6 Å². The van der Waals surface area contributed by atoms with Gasteiger partial charge < -0.3 is 25.6 Å². The molecular formula is C18H28N2O4. The highest BCUT2D eigenvalue weighted by molar-refractivity contribution is 5.89. The third-order valence-electron chi connectivity index (χ3n) is 3.56. The van der Waals surface area contributed by atoms with E-state index in [4.69, 9.17) is 14.9 Å². The number of hydrogen-bond donors (Lipinski definition) is 4. The molecule has 0 amide bonds. The molecule has 0 saturated carbocycles. The molecule has 1 aliphatic heterocycles. The van der Waals surface area contributed by atoms with Crippen molar-refractivity contribution in [1.82, 2.24) is 5.32 Å². The lowest BCUT2D eigenvalue weighted by Crippen LogP contribution is -2.31. The number of esters is 1. The molecule has 6 nitrogen and oxygen atoms in total. The Hall–Kier alpha value is -2.05. The first kappa shape index (κ1) is 20.0. The number of carbonyl (C=O) groups excluding carboxylic acids is 1. The monoisotopic (exact) mass is 336 g/mol. The van der Waals surface area contributed by atoms with Crippen LogP contribution in [0.1, 0.15) is 19.4 Å². The largest absolute Gasteiger partial charge is 0.466 e. The first-order valence-electron chi connectivity index (χ1n) is 7.97. The molecule has 0 saturated heterocycles. The van der Waals surface area contributed by atoms with E-state index in [0.717, 1.165) is 18.7 Å².